The minimum absolute atomic E-state index is 0.0426. The Balaban J connectivity index is 1.68. The van der Waals surface area contributed by atoms with E-state index in [-0.39, 0.29) is 32.4 Å². The molecule has 1 saturated heterocycles. The Bertz CT molecular complexity index is 1480. The van der Waals surface area contributed by atoms with Gasteiger partial charge in [-0.1, -0.05) is 72.9 Å². The first-order valence-corrected chi connectivity index (χ1v) is 15.6. The second kappa shape index (κ2) is 15.1. The molecule has 12 heteroatoms. The zero-order valence-corrected chi connectivity index (χ0v) is 26.5. The molecule has 1 aliphatic heterocycles. The molecule has 3 aromatic rings. The van der Waals surface area contributed by atoms with Crippen molar-refractivity contribution in [1.29, 1.82) is 0 Å². The molecule has 2 aromatic carbocycles. The molecule has 0 bridgehead atoms. The molecular weight excluding hydrogens is 616 g/mol. The molecule has 230 valence electrons. The van der Waals surface area contributed by atoms with Crippen LogP contribution in [0.4, 0.5) is 14.5 Å². The number of unbranched alkanes of at least 4 members (excludes halogenated alkanes) is 2. The van der Waals surface area contributed by atoms with Gasteiger partial charge < -0.3 is 19.5 Å². The largest absolute Gasteiger partial charge is 0.478 e. The summed E-state index contributed by atoms with van der Waals surface area (Å²) in [6.07, 6.45) is 4.68. The van der Waals surface area contributed by atoms with Crippen molar-refractivity contribution in [2.75, 3.05) is 43.6 Å². The molecule has 1 aromatic heterocycles. The van der Waals surface area contributed by atoms with E-state index in [1.165, 1.54) is 36.5 Å². The molecule has 0 radical (unpaired) electrons. The third kappa shape index (κ3) is 7.93. The monoisotopic (exact) mass is 649 g/mol. The van der Waals surface area contributed by atoms with Crippen LogP contribution in [0, 0.1) is 5.82 Å². The SMILES string of the molecule is CCCCCC(OC)c1cccc(-c2nc(NC(=O)c3cc(Cl)c(/C=C(\C)C(=O)O)c(Cl)c3)sc2N2CCOCC2)c1F. The van der Waals surface area contributed by atoms with E-state index in [9.17, 15) is 14.7 Å². The molecule has 1 aliphatic rings. The second-order valence-electron chi connectivity index (χ2n) is 10.1. The number of hydrogen-bond acceptors (Lipinski definition) is 7. The number of nitrogens with one attached hydrogen (secondary N) is 1. The van der Waals surface area contributed by atoms with E-state index in [2.05, 4.69) is 22.1 Å². The Kier molecular flexibility index (Phi) is 11.6. The van der Waals surface area contributed by atoms with Crippen LogP contribution in [0.25, 0.3) is 17.3 Å². The van der Waals surface area contributed by atoms with Crippen molar-refractivity contribution in [3.05, 3.63) is 68.5 Å². The van der Waals surface area contributed by atoms with E-state index in [0.29, 0.717) is 55.1 Å². The molecule has 2 N–H and O–H groups in total. The fourth-order valence-corrected chi connectivity index (χ4v) is 6.41. The number of nitrogens with zero attached hydrogens (tertiary/aromatic N) is 2. The lowest BCUT2D eigenvalue weighted by atomic mass is 9.99. The summed E-state index contributed by atoms with van der Waals surface area (Å²) in [7, 11) is 1.59. The third-order valence-electron chi connectivity index (χ3n) is 7.15. The van der Waals surface area contributed by atoms with Gasteiger partial charge in [-0.3, -0.25) is 10.1 Å². The number of benzene rings is 2. The van der Waals surface area contributed by atoms with Crippen molar-refractivity contribution in [1.82, 2.24) is 4.98 Å². The highest BCUT2D eigenvalue weighted by molar-refractivity contribution is 7.20. The van der Waals surface area contributed by atoms with Gasteiger partial charge in [-0.2, -0.15) is 0 Å². The van der Waals surface area contributed by atoms with Crippen molar-refractivity contribution >= 4 is 62.6 Å². The smallest absolute Gasteiger partial charge is 0.331 e. The topological polar surface area (TPSA) is 101 Å². The molecule has 0 saturated carbocycles. The van der Waals surface area contributed by atoms with E-state index in [1.807, 2.05) is 0 Å². The van der Waals surface area contributed by atoms with E-state index in [0.717, 1.165) is 24.3 Å². The number of thiazole rings is 1. The summed E-state index contributed by atoms with van der Waals surface area (Å²) in [6.45, 7) is 5.76. The van der Waals surface area contributed by atoms with Crippen LogP contribution in [0.3, 0.4) is 0 Å². The van der Waals surface area contributed by atoms with Gasteiger partial charge in [-0.15, -0.1) is 0 Å². The molecule has 1 fully saturated rings. The predicted octanol–water partition coefficient (Wildman–Crippen LogP) is 8.10. The molecule has 0 spiro atoms. The highest BCUT2D eigenvalue weighted by Crippen LogP contribution is 2.42. The van der Waals surface area contributed by atoms with Gasteiger partial charge >= 0.3 is 5.97 Å². The number of carbonyl (C=O) groups excluding carboxylic acids is 1. The number of morpholine rings is 1. The Morgan fingerprint density at radius 1 is 1.23 bits per heavy atom. The summed E-state index contributed by atoms with van der Waals surface area (Å²) in [5.74, 6) is -2.03. The average molecular weight is 651 g/mol. The van der Waals surface area contributed by atoms with Crippen molar-refractivity contribution in [2.45, 2.75) is 45.6 Å². The first-order valence-electron chi connectivity index (χ1n) is 14.0. The highest BCUT2D eigenvalue weighted by Gasteiger charge is 2.26. The maximum atomic E-state index is 16.1. The van der Waals surface area contributed by atoms with E-state index >= 15 is 4.39 Å². The summed E-state index contributed by atoms with van der Waals surface area (Å²) >= 11 is 14.0. The standard InChI is InChI=1S/C31H34Cl2FN3O5S/c1-4-5-6-10-25(41-3)20-8-7-9-21(26(20)34)27-29(37-11-13-42-14-12-37)43-31(35-27)36-28(38)19-16-23(32)22(24(33)17-19)15-18(2)30(39)40/h7-9,15-17,25H,4-6,10-14H2,1-3H3,(H,39,40)(H,35,36,38)/b18-15+. The molecule has 1 atom stereocenters. The number of methoxy groups -OCH3 is 1. The second-order valence-corrected chi connectivity index (χ2v) is 11.9. The normalized spacial score (nSPS) is 14.6. The fourth-order valence-electron chi connectivity index (χ4n) is 4.78. The Morgan fingerprint density at radius 3 is 2.56 bits per heavy atom. The summed E-state index contributed by atoms with van der Waals surface area (Å²) in [4.78, 5) is 31.3. The lowest BCUT2D eigenvalue weighted by Crippen LogP contribution is -2.36. The molecule has 8 nitrogen and oxygen atoms in total. The lowest BCUT2D eigenvalue weighted by molar-refractivity contribution is -0.132. The number of carboxylic acids is 1. The van der Waals surface area contributed by atoms with Gasteiger partial charge in [0.15, 0.2) is 5.13 Å². The predicted molar refractivity (Wildman–Crippen MR) is 170 cm³/mol. The number of carbonyl (C=O) groups is 2. The zero-order chi connectivity index (χ0) is 31.1. The number of hydrogen-bond donors (Lipinski definition) is 2. The van der Waals surface area contributed by atoms with Crippen LogP contribution in [0.1, 0.15) is 67.1 Å². The lowest BCUT2D eigenvalue weighted by Gasteiger charge is -2.28. The summed E-state index contributed by atoms with van der Waals surface area (Å²) in [5, 5.41) is 13.2. The van der Waals surface area contributed by atoms with Crippen LogP contribution in [0.2, 0.25) is 10.0 Å². The fraction of sp³-hybridized carbons (Fsp3) is 0.387. The summed E-state index contributed by atoms with van der Waals surface area (Å²) in [6, 6.07) is 8.05. The van der Waals surface area contributed by atoms with Crippen LogP contribution in [-0.4, -0.2) is 55.4 Å². The van der Waals surface area contributed by atoms with E-state index < -0.39 is 17.7 Å². The van der Waals surface area contributed by atoms with Crippen molar-refractivity contribution in [3.63, 3.8) is 0 Å². The Hall–Kier alpha value is -3.02. The number of aromatic nitrogens is 1. The van der Waals surface area contributed by atoms with Gasteiger partial charge in [-0.25, -0.2) is 14.2 Å². The van der Waals surface area contributed by atoms with Gasteiger partial charge in [0.2, 0.25) is 0 Å². The van der Waals surface area contributed by atoms with Gasteiger partial charge in [0, 0.05) is 48.0 Å². The molecule has 43 heavy (non-hydrogen) atoms. The molecule has 4 rings (SSSR count). The zero-order valence-electron chi connectivity index (χ0n) is 24.2. The number of ether oxygens (including phenoxy) is 2. The highest BCUT2D eigenvalue weighted by atomic mass is 35.5. The van der Waals surface area contributed by atoms with Crippen molar-refractivity contribution in [2.24, 2.45) is 0 Å². The molecular formula is C31H34Cl2FN3O5S. The number of amides is 1. The number of carboxylic acid groups (broad SMARTS) is 1. The van der Waals surface area contributed by atoms with E-state index in [1.54, 1.807) is 25.3 Å². The van der Waals surface area contributed by atoms with Crippen LogP contribution in [0.5, 0.6) is 0 Å². The molecule has 1 amide bonds. The Morgan fingerprint density at radius 2 is 1.93 bits per heavy atom. The minimum Gasteiger partial charge on any atom is -0.478 e. The summed E-state index contributed by atoms with van der Waals surface area (Å²) in [5.41, 5.74) is 1.72. The van der Waals surface area contributed by atoms with Gasteiger partial charge in [0.05, 0.1) is 29.4 Å². The number of halogens is 3. The number of rotatable bonds is 12. The van der Waals surface area contributed by atoms with Gasteiger partial charge in [0.25, 0.3) is 5.91 Å². The Labute approximate surface area is 264 Å². The van der Waals surface area contributed by atoms with Crippen LogP contribution in [0.15, 0.2) is 35.9 Å². The molecule has 0 aliphatic carbocycles. The minimum atomic E-state index is -1.11. The number of aliphatic carboxylic acids is 1. The molecule has 2 heterocycles. The van der Waals surface area contributed by atoms with Gasteiger partial charge in [0.1, 0.15) is 16.5 Å². The molecule has 1 unspecified atom stereocenters. The average Bonchev–Trinajstić information content (AvgIpc) is 3.41. The van der Waals surface area contributed by atoms with Crippen LogP contribution in [-0.2, 0) is 14.3 Å². The first-order chi connectivity index (χ1) is 20.6. The van der Waals surface area contributed by atoms with Crippen LogP contribution >= 0.6 is 34.5 Å². The van der Waals surface area contributed by atoms with Gasteiger partial charge in [-0.05, 0) is 37.6 Å². The number of anilines is 2. The maximum Gasteiger partial charge on any atom is 0.331 e. The quantitative estimate of drug-likeness (QED) is 0.151. The van der Waals surface area contributed by atoms with Crippen molar-refractivity contribution < 1.29 is 28.6 Å². The first kappa shape index (κ1) is 32.9. The third-order valence-corrected chi connectivity index (χ3v) is 8.81. The summed E-state index contributed by atoms with van der Waals surface area (Å²) < 4.78 is 27.3. The van der Waals surface area contributed by atoms with Crippen molar-refractivity contribution in [3.8, 4) is 11.3 Å². The maximum absolute atomic E-state index is 16.1. The van der Waals surface area contributed by atoms with Crippen LogP contribution < -0.4 is 10.2 Å². The van der Waals surface area contributed by atoms with E-state index in [4.69, 9.17) is 32.7 Å².